The van der Waals surface area contributed by atoms with E-state index in [1.165, 1.54) is 24.5 Å². The van der Waals surface area contributed by atoms with E-state index in [-0.39, 0.29) is 24.0 Å². The van der Waals surface area contributed by atoms with Gasteiger partial charge in [0, 0.05) is 19.1 Å². The second kappa shape index (κ2) is 7.46. The molecule has 0 aliphatic heterocycles. The van der Waals surface area contributed by atoms with Crippen molar-refractivity contribution in [3.63, 3.8) is 0 Å². The van der Waals surface area contributed by atoms with Crippen molar-refractivity contribution >= 4 is 11.8 Å². The molecule has 1 atom stereocenters. The van der Waals surface area contributed by atoms with E-state index < -0.39 is 5.97 Å². The summed E-state index contributed by atoms with van der Waals surface area (Å²) in [4.78, 5) is 18.4. The van der Waals surface area contributed by atoms with Crippen molar-refractivity contribution in [3.8, 4) is 0 Å². The van der Waals surface area contributed by atoms with Crippen molar-refractivity contribution < 1.29 is 19.4 Å². The molecule has 1 aromatic carbocycles. The van der Waals surface area contributed by atoms with Crippen molar-refractivity contribution in [2.24, 2.45) is 5.92 Å². The average molecular weight is 305 g/mol. The lowest BCUT2D eigenvalue weighted by Crippen LogP contribution is -2.21. The largest absolute Gasteiger partial charge is 0.476 e. The molecule has 1 unspecified atom stereocenters. The van der Waals surface area contributed by atoms with Gasteiger partial charge in [0.05, 0.1) is 12.4 Å². The van der Waals surface area contributed by atoms with E-state index in [1.54, 1.807) is 12.1 Å². The molecule has 3 N–H and O–H groups in total. The fourth-order valence-corrected chi connectivity index (χ4v) is 1.93. The number of aromatic carboxylic acids is 1. The number of rotatable bonds is 7. The summed E-state index contributed by atoms with van der Waals surface area (Å²) >= 11 is 0. The summed E-state index contributed by atoms with van der Waals surface area (Å²) in [5.41, 5.74) is 0.796. The number of anilines is 1. The number of benzene rings is 1. The predicted octanol–water partition coefficient (Wildman–Crippen LogP) is 1.58. The van der Waals surface area contributed by atoms with E-state index in [0.717, 1.165) is 5.56 Å². The van der Waals surface area contributed by atoms with E-state index in [4.69, 9.17) is 5.11 Å². The topological polar surface area (TPSA) is 95.3 Å². The van der Waals surface area contributed by atoms with Crippen LogP contribution in [0.25, 0.3) is 0 Å². The maximum atomic E-state index is 12.8. The van der Waals surface area contributed by atoms with Crippen LogP contribution in [0.5, 0.6) is 0 Å². The average Bonchev–Trinajstić information content (AvgIpc) is 2.53. The number of nitrogens with zero attached hydrogens (tertiary/aromatic N) is 2. The molecular weight excluding hydrogens is 289 g/mol. The summed E-state index contributed by atoms with van der Waals surface area (Å²) in [5, 5.41) is 21.1. The van der Waals surface area contributed by atoms with Gasteiger partial charge in [-0.1, -0.05) is 12.1 Å². The fraction of sp³-hybridized carbons (Fsp3) is 0.267. The molecule has 116 valence electrons. The number of hydrogen-bond donors (Lipinski definition) is 3. The van der Waals surface area contributed by atoms with E-state index in [1.807, 2.05) is 0 Å². The molecule has 7 heteroatoms. The lowest BCUT2D eigenvalue weighted by atomic mass is 10.00. The van der Waals surface area contributed by atoms with Crippen molar-refractivity contribution in [1.29, 1.82) is 0 Å². The summed E-state index contributed by atoms with van der Waals surface area (Å²) in [6, 6.07) is 6.12. The van der Waals surface area contributed by atoms with E-state index >= 15 is 0 Å². The second-order valence-corrected chi connectivity index (χ2v) is 4.85. The minimum atomic E-state index is -1.14. The Labute approximate surface area is 126 Å². The van der Waals surface area contributed by atoms with Gasteiger partial charge < -0.3 is 15.5 Å². The molecule has 0 aliphatic rings. The third-order valence-corrected chi connectivity index (χ3v) is 3.14. The number of hydrogen-bond acceptors (Lipinski definition) is 5. The van der Waals surface area contributed by atoms with Crippen LogP contribution in [0.3, 0.4) is 0 Å². The Morgan fingerprint density at radius 3 is 2.50 bits per heavy atom. The fourth-order valence-electron chi connectivity index (χ4n) is 1.93. The van der Waals surface area contributed by atoms with Gasteiger partial charge in [-0.25, -0.2) is 19.2 Å². The van der Waals surface area contributed by atoms with Gasteiger partial charge in [0.2, 0.25) is 0 Å². The van der Waals surface area contributed by atoms with Crippen LogP contribution in [0, 0.1) is 11.7 Å². The van der Waals surface area contributed by atoms with Crippen molar-refractivity contribution in [2.75, 3.05) is 18.5 Å². The zero-order valence-corrected chi connectivity index (χ0v) is 11.7. The first-order valence-corrected chi connectivity index (χ1v) is 6.73. The molecule has 0 saturated heterocycles. The number of aromatic nitrogens is 2. The Kier molecular flexibility index (Phi) is 5.37. The van der Waals surface area contributed by atoms with Gasteiger partial charge >= 0.3 is 5.97 Å². The third-order valence-electron chi connectivity index (χ3n) is 3.14. The molecular formula is C15H16FN3O3. The summed E-state index contributed by atoms with van der Waals surface area (Å²) in [6.45, 7) is 0.403. The molecule has 0 spiro atoms. The van der Waals surface area contributed by atoms with E-state index in [2.05, 4.69) is 15.3 Å². The van der Waals surface area contributed by atoms with Crippen molar-refractivity contribution in [1.82, 2.24) is 9.97 Å². The number of nitrogens with one attached hydrogen (secondary N) is 1. The minimum absolute atomic E-state index is 0.0367. The number of halogens is 1. The molecule has 6 nitrogen and oxygen atoms in total. The lowest BCUT2D eigenvalue weighted by Gasteiger charge is -2.15. The molecule has 2 rings (SSSR count). The van der Waals surface area contributed by atoms with Gasteiger partial charge in [-0.05, 0) is 24.1 Å². The van der Waals surface area contributed by atoms with Crippen LogP contribution in [0.4, 0.5) is 10.2 Å². The molecule has 0 bridgehead atoms. The summed E-state index contributed by atoms with van der Waals surface area (Å²) < 4.78 is 12.8. The monoisotopic (exact) mass is 305 g/mol. The van der Waals surface area contributed by atoms with Crippen molar-refractivity contribution in [3.05, 3.63) is 53.7 Å². The SMILES string of the molecule is O=C(O)c1cnc(NCC(CO)Cc2ccc(F)cc2)cn1. The summed E-state index contributed by atoms with van der Waals surface area (Å²) in [5.74, 6) is -1.08. The number of aliphatic hydroxyl groups is 1. The van der Waals surface area contributed by atoms with Gasteiger partial charge in [-0.2, -0.15) is 0 Å². The van der Waals surface area contributed by atoms with Gasteiger partial charge in [-0.15, -0.1) is 0 Å². The molecule has 1 heterocycles. The highest BCUT2D eigenvalue weighted by Gasteiger charge is 2.10. The van der Waals surface area contributed by atoms with Gasteiger partial charge in [0.1, 0.15) is 11.6 Å². The quantitative estimate of drug-likeness (QED) is 0.719. The Balaban J connectivity index is 1.90. The standard InChI is InChI=1S/C15H16FN3O3/c16-12-3-1-10(2-4-12)5-11(9-20)6-18-14-8-17-13(7-19-14)15(21)22/h1-4,7-8,11,20H,5-6,9H2,(H,18,19)(H,21,22). The number of aliphatic hydroxyl groups excluding tert-OH is 1. The molecule has 0 radical (unpaired) electrons. The molecule has 0 fully saturated rings. The summed E-state index contributed by atoms with van der Waals surface area (Å²) in [6.07, 6.45) is 3.08. The van der Waals surface area contributed by atoms with Crippen LogP contribution in [0.1, 0.15) is 16.1 Å². The lowest BCUT2D eigenvalue weighted by molar-refractivity contribution is 0.0690. The van der Waals surface area contributed by atoms with Gasteiger partial charge in [-0.3, -0.25) is 0 Å². The Morgan fingerprint density at radius 2 is 1.95 bits per heavy atom. The van der Waals surface area contributed by atoms with Crippen LogP contribution in [0.15, 0.2) is 36.7 Å². The predicted molar refractivity (Wildman–Crippen MR) is 78.2 cm³/mol. The smallest absolute Gasteiger partial charge is 0.356 e. The Bertz CT molecular complexity index is 617. The maximum absolute atomic E-state index is 12.8. The van der Waals surface area contributed by atoms with Gasteiger partial charge in [0.25, 0.3) is 0 Å². The number of carboxylic acid groups (broad SMARTS) is 1. The second-order valence-electron chi connectivity index (χ2n) is 4.85. The molecule has 0 amide bonds. The number of carbonyl (C=O) groups is 1. The summed E-state index contributed by atoms with van der Waals surface area (Å²) in [7, 11) is 0. The van der Waals surface area contributed by atoms with Crippen molar-refractivity contribution in [2.45, 2.75) is 6.42 Å². The van der Waals surface area contributed by atoms with E-state index in [9.17, 15) is 14.3 Å². The first-order chi connectivity index (χ1) is 10.6. The van der Waals surface area contributed by atoms with E-state index in [0.29, 0.717) is 18.8 Å². The maximum Gasteiger partial charge on any atom is 0.356 e. The highest BCUT2D eigenvalue weighted by atomic mass is 19.1. The normalized spacial score (nSPS) is 11.9. The zero-order valence-electron chi connectivity index (χ0n) is 11.7. The van der Waals surface area contributed by atoms with Crippen LogP contribution in [-0.2, 0) is 6.42 Å². The van der Waals surface area contributed by atoms with Crippen LogP contribution < -0.4 is 5.32 Å². The number of carboxylic acids is 1. The molecule has 1 aromatic heterocycles. The van der Waals surface area contributed by atoms with Gasteiger partial charge in [0.15, 0.2) is 5.69 Å². The highest BCUT2D eigenvalue weighted by molar-refractivity contribution is 5.84. The highest BCUT2D eigenvalue weighted by Crippen LogP contribution is 2.11. The molecule has 0 saturated carbocycles. The third kappa shape index (κ3) is 4.49. The first kappa shape index (κ1) is 15.8. The first-order valence-electron chi connectivity index (χ1n) is 6.73. The Hall–Kier alpha value is -2.54. The van der Waals surface area contributed by atoms with Crippen LogP contribution in [-0.4, -0.2) is 39.3 Å². The Morgan fingerprint density at radius 1 is 1.23 bits per heavy atom. The zero-order chi connectivity index (χ0) is 15.9. The minimum Gasteiger partial charge on any atom is -0.476 e. The molecule has 22 heavy (non-hydrogen) atoms. The van der Waals surface area contributed by atoms with Crippen LogP contribution in [0.2, 0.25) is 0 Å². The molecule has 2 aromatic rings. The molecule has 0 aliphatic carbocycles. The van der Waals surface area contributed by atoms with Crippen LogP contribution >= 0.6 is 0 Å².